The first-order valence-electron chi connectivity index (χ1n) is 12.4. The molecule has 0 saturated carbocycles. The van der Waals surface area contributed by atoms with Crippen LogP contribution < -0.4 is 6.15 Å². The number of hydrogen-bond donors (Lipinski definition) is 3. The van der Waals surface area contributed by atoms with Crippen LogP contribution in [-0.4, -0.2) is 107 Å². The van der Waals surface area contributed by atoms with Gasteiger partial charge in [0.1, 0.15) is 0 Å². The summed E-state index contributed by atoms with van der Waals surface area (Å²) in [6, 6.07) is 0. The summed E-state index contributed by atoms with van der Waals surface area (Å²) in [5.41, 5.74) is 0. The van der Waals surface area contributed by atoms with Gasteiger partial charge in [-0.1, -0.05) is 41.5 Å². The van der Waals surface area contributed by atoms with Crippen molar-refractivity contribution in [3.8, 4) is 0 Å². The molecule has 0 saturated heterocycles. The van der Waals surface area contributed by atoms with Crippen molar-refractivity contribution >= 4 is 17.9 Å². The van der Waals surface area contributed by atoms with Gasteiger partial charge in [0.05, 0.1) is 19.6 Å². The zero-order valence-corrected chi connectivity index (χ0v) is 22.5. The van der Waals surface area contributed by atoms with Crippen LogP contribution in [0.2, 0.25) is 0 Å². The lowest BCUT2D eigenvalue weighted by molar-refractivity contribution is -0.139. The van der Waals surface area contributed by atoms with E-state index in [0.29, 0.717) is 0 Å². The highest BCUT2D eigenvalue weighted by atomic mass is 16.4. The van der Waals surface area contributed by atoms with Gasteiger partial charge in [-0.15, -0.1) is 0 Å². The molecule has 0 bridgehead atoms. The van der Waals surface area contributed by atoms with E-state index in [1.807, 2.05) is 14.7 Å². The van der Waals surface area contributed by atoms with E-state index >= 15 is 0 Å². The Morgan fingerprint density at radius 2 is 0.588 bits per heavy atom. The van der Waals surface area contributed by atoms with Crippen LogP contribution in [0.15, 0.2) is 0 Å². The van der Waals surface area contributed by atoms with Gasteiger partial charge in [-0.3, -0.25) is 29.1 Å². The van der Waals surface area contributed by atoms with Crippen LogP contribution in [-0.2, 0) is 14.4 Å². The van der Waals surface area contributed by atoms with Crippen molar-refractivity contribution in [2.75, 3.05) is 58.9 Å². The zero-order chi connectivity index (χ0) is 26.1. The lowest BCUT2D eigenvalue weighted by Crippen LogP contribution is -2.31. The maximum atomic E-state index is 10.3. The van der Waals surface area contributed by atoms with Crippen LogP contribution in [0.5, 0.6) is 0 Å². The van der Waals surface area contributed by atoms with E-state index < -0.39 is 17.9 Å². The molecule has 0 aliphatic rings. The number of carbonyl (C=O) groups is 3. The molecular formula is C24H51N4O6. The van der Waals surface area contributed by atoms with Crippen LogP contribution in [0.1, 0.15) is 80.1 Å². The fourth-order valence-corrected chi connectivity index (χ4v) is 3.28. The van der Waals surface area contributed by atoms with Crippen molar-refractivity contribution in [2.45, 2.75) is 80.1 Å². The van der Waals surface area contributed by atoms with Crippen LogP contribution in [0, 0.1) is 0 Å². The number of nitrogens with zero attached hydrogens (tertiary/aromatic N) is 4. The summed E-state index contributed by atoms with van der Waals surface area (Å²) in [7, 11) is 0. The van der Waals surface area contributed by atoms with Gasteiger partial charge in [0.25, 0.3) is 0 Å². The molecular weight excluding hydrogens is 440 g/mol. The number of carboxylic acids is 3. The number of aliphatic carboxylic acids is 3. The molecule has 0 aromatic rings. The van der Waals surface area contributed by atoms with Gasteiger partial charge in [-0.05, 0) is 77.8 Å². The predicted molar refractivity (Wildman–Crippen MR) is 136 cm³/mol. The molecule has 10 nitrogen and oxygen atoms in total. The normalized spacial score (nSPS) is 10.1. The summed E-state index contributed by atoms with van der Waals surface area (Å²) < 4.78 is 0. The molecule has 0 aromatic carbocycles. The summed E-state index contributed by atoms with van der Waals surface area (Å²) in [6.07, 6.45) is 6.13. The Hall–Kier alpha value is -1.75. The molecule has 0 aliphatic carbocycles. The first kappa shape index (κ1) is 39.5. The number of carboxylic acid groups (broad SMARTS) is 3. The second-order valence-electron chi connectivity index (χ2n) is 8.01. The molecule has 0 amide bonds. The third-order valence-electron chi connectivity index (χ3n) is 4.32. The molecule has 3 N–H and O–H groups in total. The van der Waals surface area contributed by atoms with Crippen LogP contribution >= 0.6 is 0 Å². The second-order valence-corrected chi connectivity index (χ2v) is 8.01. The molecule has 0 spiro atoms. The van der Waals surface area contributed by atoms with Crippen molar-refractivity contribution in [3.63, 3.8) is 0 Å². The summed E-state index contributed by atoms with van der Waals surface area (Å²) >= 11 is 0. The fraction of sp³-hybridized carbons (Fsp3) is 0.875. The average molecular weight is 492 g/mol. The zero-order valence-electron chi connectivity index (χ0n) is 22.5. The Labute approximate surface area is 207 Å². The first-order chi connectivity index (χ1) is 15.6. The van der Waals surface area contributed by atoms with Crippen LogP contribution in [0.4, 0.5) is 0 Å². The molecule has 0 atom stereocenters. The maximum Gasteiger partial charge on any atom is 0.317 e. The smallest absolute Gasteiger partial charge is 0.317 e. The minimum Gasteiger partial charge on any atom is -0.480 e. The van der Waals surface area contributed by atoms with Crippen LogP contribution in [0.25, 0.3) is 0 Å². The van der Waals surface area contributed by atoms with E-state index in [2.05, 4.69) is 41.5 Å². The molecule has 3 radical (unpaired) electrons. The first-order valence-corrected chi connectivity index (χ1v) is 12.4. The molecule has 203 valence electrons. The van der Waals surface area contributed by atoms with Gasteiger partial charge in [0.15, 0.2) is 0 Å². The van der Waals surface area contributed by atoms with E-state index in [-0.39, 0.29) is 25.8 Å². The Balaban J connectivity index is -0.000000196. The van der Waals surface area contributed by atoms with E-state index in [9.17, 15) is 14.4 Å². The van der Waals surface area contributed by atoms with Gasteiger partial charge in [0, 0.05) is 6.15 Å². The highest BCUT2D eigenvalue weighted by molar-refractivity contribution is 5.69. The molecule has 0 unspecified atom stereocenters. The van der Waals surface area contributed by atoms with E-state index in [4.69, 9.17) is 15.3 Å². The Kier molecular flexibility index (Phi) is 34.0. The van der Waals surface area contributed by atoms with Gasteiger partial charge in [0.2, 0.25) is 0 Å². The van der Waals surface area contributed by atoms with Crippen molar-refractivity contribution in [2.24, 2.45) is 0 Å². The van der Waals surface area contributed by atoms with Crippen molar-refractivity contribution in [3.05, 3.63) is 0 Å². The van der Waals surface area contributed by atoms with Gasteiger partial charge in [-0.2, -0.15) is 0 Å². The second kappa shape index (κ2) is 29.3. The lowest BCUT2D eigenvalue weighted by Gasteiger charge is -2.17. The van der Waals surface area contributed by atoms with Crippen molar-refractivity contribution in [1.29, 1.82) is 0 Å². The molecule has 34 heavy (non-hydrogen) atoms. The quantitative estimate of drug-likeness (QED) is 0.262. The Morgan fingerprint density at radius 1 is 0.441 bits per heavy atom. The SMILES string of the molecule is CCCN(CCC)CC(=O)O.CCCN(CCC)CC(=O)O.CCCN(CCC)CC(=O)O.[N]. The number of rotatable bonds is 18. The molecule has 0 fully saturated rings. The summed E-state index contributed by atoms with van der Waals surface area (Å²) in [4.78, 5) is 36.8. The van der Waals surface area contributed by atoms with Gasteiger partial charge >= 0.3 is 17.9 Å². The highest BCUT2D eigenvalue weighted by Crippen LogP contribution is 1.94. The van der Waals surface area contributed by atoms with Crippen molar-refractivity contribution < 1.29 is 29.7 Å². The Bertz CT molecular complexity index is 396. The Morgan fingerprint density at radius 3 is 0.676 bits per heavy atom. The lowest BCUT2D eigenvalue weighted by atomic mass is 10.3. The van der Waals surface area contributed by atoms with E-state index in [1.54, 1.807) is 0 Å². The molecule has 0 aliphatic heterocycles. The molecule has 0 rings (SSSR count). The van der Waals surface area contributed by atoms with Crippen LogP contribution in [0.3, 0.4) is 0 Å². The molecule has 0 heterocycles. The molecule has 0 aromatic heterocycles. The maximum absolute atomic E-state index is 10.3. The summed E-state index contributed by atoms with van der Waals surface area (Å²) in [5, 5.41) is 25.5. The standard InChI is InChI=1S/3C8H17NO2.N/c3*1-3-5-9(6-4-2)7-8(10)11;/h3*3-7H2,1-2H3,(H,10,11);. The van der Waals surface area contributed by atoms with Gasteiger partial charge < -0.3 is 15.3 Å². The third-order valence-corrected chi connectivity index (χ3v) is 4.32. The van der Waals surface area contributed by atoms with Crippen molar-refractivity contribution in [1.82, 2.24) is 20.9 Å². The monoisotopic (exact) mass is 491 g/mol. The summed E-state index contributed by atoms with van der Waals surface area (Å²) in [6.45, 7) is 18.2. The summed E-state index contributed by atoms with van der Waals surface area (Å²) in [5.74, 6) is -2.19. The molecule has 10 heteroatoms. The highest BCUT2D eigenvalue weighted by Gasteiger charge is 2.07. The third kappa shape index (κ3) is 32.4. The fourth-order valence-electron chi connectivity index (χ4n) is 3.28. The topological polar surface area (TPSA) is 152 Å². The minimum absolute atomic E-state index is 0. The van der Waals surface area contributed by atoms with E-state index in [1.165, 1.54) is 0 Å². The minimum atomic E-state index is -0.730. The van der Waals surface area contributed by atoms with Gasteiger partial charge in [-0.25, -0.2) is 0 Å². The largest absolute Gasteiger partial charge is 0.480 e. The average Bonchev–Trinajstić information content (AvgIpc) is 2.69. The number of hydrogen-bond acceptors (Lipinski definition) is 6. The predicted octanol–water partition coefficient (Wildman–Crippen LogP) is 3.10. The van der Waals surface area contributed by atoms with E-state index in [0.717, 1.165) is 77.8 Å².